The minimum Gasteiger partial charge on any atom is -0.488 e. The Kier molecular flexibility index (Phi) is 8.36. The maximum atomic E-state index is 11.6. The van der Waals surface area contributed by atoms with Gasteiger partial charge in [-0.05, 0) is 69.4 Å². The molecule has 1 fully saturated rings. The van der Waals surface area contributed by atoms with Gasteiger partial charge in [-0.25, -0.2) is 9.97 Å². The fourth-order valence-corrected chi connectivity index (χ4v) is 5.01. The number of carbonyl (C=O) groups is 1. The second-order valence-electron chi connectivity index (χ2n) is 11.0. The second-order valence-corrected chi connectivity index (χ2v) is 11.0. The Labute approximate surface area is 227 Å². The van der Waals surface area contributed by atoms with E-state index in [1.54, 1.807) is 0 Å². The van der Waals surface area contributed by atoms with Crippen molar-refractivity contribution in [2.75, 3.05) is 31.1 Å². The van der Waals surface area contributed by atoms with E-state index in [0.717, 1.165) is 65.0 Å². The zero-order valence-corrected chi connectivity index (χ0v) is 23.8. The van der Waals surface area contributed by atoms with Crippen molar-refractivity contribution in [2.24, 2.45) is 5.73 Å². The molecule has 7 nitrogen and oxygen atoms in total. The summed E-state index contributed by atoms with van der Waals surface area (Å²) in [5, 5.41) is 0. The van der Waals surface area contributed by atoms with Crippen molar-refractivity contribution < 1.29 is 9.53 Å². The van der Waals surface area contributed by atoms with Gasteiger partial charge in [0.2, 0.25) is 5.91 Å². The van der Waals surface area contributed by atoms with Gasteiger partial charge in [-0.3, -0.25) is 9.69 Å². The van der Waals surface area contributed by atoms with Gasteiger partial charge in [-0.1, -0.05) is 43.7 Å². The Hall–Kier alpha value is -3.45. The number of benzene rings is 2. The molecule has 38 heavy (non-hydrogen) atoms. The molecule has 7 heteroatoms. The number of hydrogen-bond donors (Lipinski definition) is 1. The molecule has 1 amide bonds. The molecule has 1 aromatic heterocycles. The third-order valence-corrected chi connectivity index (χ3v) is 7.50. The van der Waals surface area contributed by atoms with Crippen molar-refractivity contribution in [3.63, 3.8) is 0 Å². The lowest BCUT2D eigenvalue weighted by molar-refractivity contribution is -0.119. The lowest BCUT2D eigenvalue weighted by atomic mass is 10.0. The van der Waals surface area contributed by atoms with Crippen LogP contribution in [0.5, 0.6) is 5.75 Å². The van der Waals surface area contributed by atoms with Gasteiger partial charge in [-0.15, -0.1) is 0 Å². The van der Waals surface area contributed by atoms with E-state index in [0.29, 0.717) is 12.5 Å². The highest BCUT2D eigenvalue weighted by atomic mass is 16.5. The molecule has 1 atom stereocenters. The van der Waals surface area contributed by atoms with Crippen LogP contribution in [0.1, 0.15) is 60.2 Å². The summed E-state index contributed by atoms with van der Waals surface area (Å²) in [6, 6.07) is 13.0. The number of aryl methyl sites for hydroxylation is 4. The number of rotatable bonds is 8. The van der Waals surface area contributed by atoms with Crippen LogP contribution in [0.4, 0.5) is 5.82 Å². The van der Waals surface area contributed by atoms with E-state index in [4.69, 9.17) is 20.4 Å². The number of anilines is 1. The van der Waals surface area contributed by atoms with Gasteiger partial charge in [-0.2, -0.15) is 0 Å². The second kappa shape index (κ2) is 11.5. The quantitative estimate of drug-likeness (QED) is 0.451. The van der Waals surface area contributed by atoms with Gasteiger partial charge in [0.05, 0.1) is 17.8 Å². The van der Waals surface area contributed by atoms with E-state index in [9.17, 15) is 4.79 Å². The van der Waals surface area contributed by atoms with E-state index < -0.39 is 0 Å². The molecule has 0 spiro atoms. The average Bonchev–Trinajstić information content (AvgIpc) is 2.86. The smallest absolute Gasteiger partial charge is 0.231 e. The molecular formula is C31H41N5O2. The number of nitrogens with zero attached hydrogens (tertiary/aromatic N) is 4. The number of primary amides is 1. The van der Waals surface area contributed by atoms with Gasteiger partial charge in [0, 0.05) is 31.2 Å². The van der Waals surface area contributed by atoms with E-state index in [1.165, 1.54) is 11.1 Å². The van der Waals surface area contributed by atoms with Gasteiger partial charge in [0.25, 0.3) is 0 Å². The molecule has 1 aliphatic rings. The van der Waals surface area contributed by atoms with Crippen molar-refractivity contribution in [3.05, 3.63) is 69.9 Å². The summed E-state index contributed by atoms with van der Waals surface area (Å²) in [6.45, 7) is 17.7. The highest BCUT2D eigenvalue weighted by molar-refractivity contribution is 5.76. The zero-order valence-electron chi connectivity index (χ0n) is 23.8. The molecule has 202 valence electrons. The van der Waals surface area contributed by atoms with E-state index in [1.807, 2.05) is 6.92 Å². The van der Waals surface area contributed by atoms with Gasteiger partial charge < -0.3 is 15.4 Å². The highest BCUT2D eigenvalue weighted by Gasteiger charge is 2.28. The minimum absolute atomic E-state index is 0.161. The number of hydrogen-bond acceptors (Lipinski definition) is 6. The van der Waals surface area contributed by atoms with E-state index in [2.05, 4.69) is 87.7 Å². The minimum atomic E-state index is -0.298. The number of amides is 1. The van der Waals surface area contributed by atoms with Crippen LogP contribution in [0, 0.1) is 27.7 Å². The number of carbonyl (C=O) groups excluding carboxylic acids is 1. The molecule has 1 unspecified atom stereocenters. The number of nitrogens with two attached hydrogens (primary N) is 1. The van der Waals surface area contributed by atoms with Crippen LogP contribution in [0.25, 0.3) is 11.4 Å². The largest absolute Gasteiger partial charge is 0.488 e. The van der Waals surface area contributed by atoms with Crippen molar-refractivity contribution in [1.82, 2.24) is 14.9 Å². The highest BCUT2D eigenvalue weighted by Crippen LogP contribution is 2.31. The molecular weight excluding hydrogens is 474 g/mol. The summed E-state index contributed by atoms with van der Waals surface area (Å²) in [5.41, 5.74) is 13.1. The molecule has 3 aromatic rings. The SMILES string of the molecule is Cc1ccc(C)c(-c2nc(C)c(COc3cc(C(C)C)ccc3C)c(N3CCN(CC(N)=O)C(C)C3)n2)c1. The molecule has 2 N–H and O–H groups in total. The molecule has 0 saturated carbocycles. The van der Waals surface area contributed by atoms with Crippen LogP contribution in [0.2, 0.25) is 0 Å². The summed E-state index contributed by atoms with van der Waals surface area (Å²) >= 11 is 0. The monoisotopic (exact) mass is 515 g/mol. The molecule has 0 bridgehead atoms. The van der Waals surface area contributed by atoms with Crippen molar-refractivity contribution in [1.29, 1.82) is 0 Å². The Morgan fingerprint density at radius 3 is 2.47 bits per heavy atom. The Morgan fingerprint density at radius 2 is 1.79 bits per heavy atom. The van der Waals surface area contributed by atoms with E-state index >= 15 is 0 Å². The third-order valence-electron chi connectivity index (χ3n) is 7.50. The molecule has 1 saturated heterocycles. The summed E-state index contributed by atoms with van der Waals surface area (Å²) in [7, 11) is 0. The van der Waals surface area contributed by atoms with Gasteiger partial charge >= 0.3 is 0 Å². The van der Waals surface area contributed by atoms with Crippen molar-refractivity contribution in [3.8, 4) is 17.1 Å². The van der Waals surface area contributed by atoms with Crippen molar-refractivity contribution in [2.45, 2.75) is 67.0 Å². The first-order valence-corrected chi connectivity index (χ1v) is 13.5. The van der Waals surface area contributed by atoms with Crippen LogP contribution in [0.15, 0.2) is 36.4 Å². The third kappa shape index (κ3) is 6.16. The predicted molar refractivity (Wildman–Crippen MR) is 154 cm³/mol. The molecule has 2 aromatic carbocycles. The summed E-state index contributed by atoms with van der Waals surface area (Å²) < 4.78 is 6.44. The van der Waals surface area contributed by atoms with Crippen LogP contribution in [-0.2, 0) is 11.4 Å². The number of ether oxygens (including phenoxy) is 1. The average molecular weight is 516 g/mol. The fraction of sp³-hybridized carbons (Fsp3) is 0.452. The van der Waals surface area contributed by atoms with Crippen LogP contribution < -0.4 is 15.4 Å². The standard InChI is InChI=1S/C31H41N5O2/c1-19(2)25-11-10-22(5)28(15-25)38-18-27-24(7)33-30(26-14-20(3)8-9-21(26)4)34-31(27)36-13-12-35(17-29(32)37)23(6)16-36/h8-11,14-15,19,23H,12-13,16-18H2,1-7H3,(H2,32,37). The molecule has 4 rings (SSSR count). The predicted octanol–water partition coefficient (Wildman–Crippen LogP) is 5.08. The first-order chi connectivity index (χ1) is 18.0. The lowest BCUT2D eigenvalue weighted by Gasteiger charge is -2.40. The molecule has 0 radical (unpaired) electrons. The lowest BCUT2D eigenvalue weighted by Crippen LogP contribution is -2.54. The summed E-state index contributed by atoms with van der Waals surface area (Å²) in [4.78, 5) is 26.1. The maximum Gasteiger partial charge on any atom is 0.231 e. The van der Waals surface area contributed by atoms with Crippen LogP contribution in [-0.4, -0.2) is 53.0 Å². The van der Waals surface area contributed by atoms with Crippen molar-refractivity contribution >= 4 is 11.7 Å². The van der Waals surface area contributed by atoms with Crippen LogP contribution >= 0.6 is 0 Å². The Balaban J connectivity index is 1.72. The maximum absolute atomic E-state index is 11.6. The summed E-state index contributed by atoms with van der Waals surface area (Å²) in [6.07, 6.45) is 0. The van der Waals surface area contributed by atoms with Crippen LogP contribution in [0.3, 0.4) is 0 Å². The van der Waals surface area contributed by atoms with E-state index in [-0.39, 0.29) is 18.5 Å². The summed E-state index contributed by atoms with van der Waals surface area (Å²) in [5.74, 6) is 2.64. The topological polar surface area (TPSA) is 84.6 Å². The van der Waals surface area contributed by atoms with Gasteiger partial charge in [0.1, 0.15) is 18.2 Å². The first-order valence-electron chi connectivity index (χ1n) is 13.5. The normalized spacial score (nSPS) is 16.2. The Bertz CT molecular complexity index is 1320. The molecule has 0 aliphatic carbocycles. The number of aromatic nitrogens is 2. The fourth-order valence-electron chi connectivity index (χ4n) is 5.01. The number of piperazine rings is 1. The first kappa shape index (κ1) is 27.6. The zero-order chi connectivity index (χ0) is 27.6. The van der Waals surface area contributed by atoms with Gasteiger partial charge in [0.15, 0.2) is 5.82 Å². The molecule has 2 heterocycles. The molecule has 1 aliphatic heterocycles. The Morgan fingerprint density at radius 1 is 1.05 bits per heavy atom.